The number of benzene rings is 2. The standard InChI is InChI=1S/C23H22F3N3O3S/c24-23(25,26)18-7-8-20-19(11-18)28-21(29-33(20,31)32)14-3-5-15(6-4-14)22(30)27-12-17-10-13-1-2-16(17)9-13/h1-8,11,13,16-17,21,28-29H,9-10,12H2,(H,27,30)/t13-,16-,17-,21+/m0/s1. The van der Waals surface area contributed by atoms with Crippen LogP contribution in [0.2, 0.25) is 0 Å². The van der Waals surface area contributed by atoms with Gasteiger partial charge in [-0.05, 0) is 66.5 Å². The maximum Gasteiger partial charge on any atom is 0.416 e. The number of amides is 1. The average molecular weight is 478 g/mol. The smallest absolute Gasteiger partial charge is 0.364 e. The molecule has 1 fully saturated rings. The Morgan fingerprint density at radius 3 is 2.45 bits per heavy atom. The molecule has 0 radical (unpaired) electrons. The van der Waals surface area contributed by atoms with Gasteiger partial charge in [0.2, 0.25) is 10.0 Å². The first-order valence-electron chi connectivity index (χ1n) is 10.7. The lowest BCUT2D eigenvalue weighted by atomic mass is 9.93. The Morgan fingerprint density at radius 2 is 1.82 bits per heavy atom. The van der Waals surface area contributed by atoms with E-state index in [0.717, 1.165) is 31.0 Å². The SMILES string of the molecule is O=C(NC[C@@H]1C[C@H]2C=C[C@H]1C2)c1ccc([C@@H]2Nc3cc(C(F)(F)F)ccc3S(=O)(=O)N2)cc1. The largest absolute Gasteiger partial charge is 0.416 e. The van der Waals surface area contributed by atoms with Gasteiger partial charge >= 0.3 is 6.18 Å². The van der Waals surface area contributed by atoms with E-state index >= 15 is 0 Å². The van der Waals surface area contributed by atoms with Gasteiger partial charge in [0.15, 0.2) is 0 Å². The molecular weight excluding hydrogens is 455 g/mol. The highest BCUT2D eigenvalue weighted by Crippen LogP contribution is 2.43. The Labute approximate surface area is 189 Å². The van der Waals surface area contributed by atoms with Gasteiger partial charge in [-0.15, -0.1) is 0 Å². The summed E-state index contributed by atoms with van der Waals surface area (Å²) in [5.41, 5.74) is -0.176. The fraction of sp³-hybridized carbons (Fsp3) is 0.348. The van der Waals surface area contributed by atoms with E-state index in [9.17, 15) is 26.4 Å². The number of fused-ring (bicyclic) bond motifs is 3. The molecule has 33 heavy (non-hydrogen) atoms. The molecule has 1 amide bonds. The first-order chi connectivity index (χ1) is 15.6. The van der Waals surface area contributed by atoms with Crippen molar-refractivity contribution in [3.63, 3.8) is 0 Å². The fourth-order valence-electron chi connectivity index (χ4n) is 4.89. The predicted octanol–water partition coefficient (Wildman–Crippen LogP) is 4.05. The van der Waals surface area contributed by atoms with Crippen LogP contribution in [0, 0.1) is 17.8 Å². The third kappa shape index (κ3) is 4.24. The Kier molecular flexibility index (Phi) is 5.24. The number of sulfonamides is 1. The third-order valence-electron chi connectivity index (χ3n) is 6.62. The zero-order valence-corrected chi connectivity index (χ0v) is 18.2. The number of alkyl halides is 3. The molecule has 2 aromatic carbocycles. The molecule has 2 aliphatic carbocycles. The second-order valence-corrected chi connectivity index (χ2v) is 10.5. The van der Waals surface area contributed by atoms with Crippen LogP contribution in [0.25, 0.3) is 0 Å². The maximum atomic E-state index is 13.1. The van der Waals surface area contributed by atoms with E-state index in [-0.39, 0.29) is 16.5 Å². The highest BCUT2D eigenvalue weighted by atomic mass is 32.2. The van der Waals surface area contributed by atoms with Crippen molar-refractivity contribution in [3.8, 4) is 0 Å². The Balaban J connectivity index is 1.29. The number of rotatable bonds is 4. The van der Waals surface area contributed by atoms with Gasteiger partial charge in [0.1, 0.15) is 11.1 Å². The minimum Gasteiger partial charge on any atom is -0.364 e. The lowest BCUT2D eigenvalue weighted by Gasteiger charge is -2.29. The first kappa shape index (κ1) is 22.0. The van der Waals surface area contributed by atoms with Crippen molar-refractivity contribution >= 4 is 21.6 Å². The zero-order chi connectivity index (χ0) is 23.4. The molecule has 0 aromatic heterocycles. The molecule has 0 unspecified atom stereocenters. The van der Waals surface area contributed by atoms with Crippen LogP contribution in [0.1, 0.15) is 40.5 Å². The van der Waals surface area contributed by atoms with Crippen molar-refractivity contribution in [1.82, 2.24) is 10.0 Å². The van der Waals surface area contributed by atoms with Crippen LogP contribution in [0.4, 0.5) is 18.9 Å². The molecule has 3 N–H and O–H groups in total. The summed E-state index contributed by atoms with van der Waals surface area (Å²) < 4.78 is 66.7. The molecule has 4 atom stereocenters. The molecule has 1 aliphatic heterocycles. The van der Waals surface area contributed by atoms with Crippen LogP contribution >= 0.6 is 0 Å². The van der Waals surface area contributed by atoms with Crippen LogP contribution in [-0.4, -0.2) is 20.9 Å². The van der Waals surface area contributed by atoms with Crippen molar-refractivity contribution < 1.29 is 26.4 Å². The molecule has 5 rings (SSSR count). The van der Waals surface area contributed by atoms with E-state index in [4.69, 9.17) is 0 Å². The molecule has 1 saturated carbocycles. The number of carbonyl (C=O) groups is 1. The van der Waals surface area contributed by atoms with Crippen LogP contribution in [0.3, 0.4) is 0 Å². The molecule has 6 nitrogen and oxygen atoms in total. The minimum absolute atomic E-state index is 0.129. The topological polar surface area (TPSA) is 87.3 Å². The van der Waals surface area contributed by atoms with E-state index in [2.05, 4.69) is 27.5 Å². The molecule has 10 heteroatoms. The van der Waals surface area contributed by atoms with Gasteiger partial charge in [-0.25, -0.2) is 8.42 Å². The molecule has 0 saturated heterocycles. The second-order valence-electron chi connectivity index (χ2n) is 8.78. The molecule has 2 aromatic rings. The normalized spacial score (nSPS) is 27.1. The number of carbonyl (C=O) groups excluding carboxylic acids is 1. The summed E-state index contributed by atoms with van der Waals surface area (Å²) in [6, 6.07) is 8.75. The van der Waals surface area contributed by atoms with Gasteiger partial charge in [0.25, 0.3) is 5.91 Å². The predicted molar refractivity (Wildman–Crippen MR) is 116 cm³/mol. The summed E-state index contributed by atoms with van der Waals surface area (Å²) in [5.74, 6) is 1.39. The molecule has 1 heterocycles. The number of hydrogen-bond acceptors (Lipinski definition) is 4. The molecule has 174 valence electrons. The maximum absolute atomic E-state index is 13.1. The van der Waals surface area contributed by atoms with Crippen molar-refractivity contribution in [2.45, 2.75) is 30.1 Å². The van der Waals surface area contributed by atoms with Gasteiger partial charge in [-0.2, -0.15) is 17.9 Å². The summed E-state index contributed by atoms with van der Waals surface area (Å²) >= 11 is 0. The second kappa shape index (κ2) is 7.88. The minimum atomic E-state index is -4.59. The molecule has 0 spiro atoms. The number of hydrogen-bond donors (Lipinski definition) is 3. The van der Waals surface area contributed by atoms with Crippen LogP contribution in [0.5, 0.6) is 0 Å². The van der Waals surface area contributed by atoms with Gasteiger partial charge < -0.3 is 10.6 Å². The monoisotopic (exact) mass is 477 g/mol. The van der Waals surface area contributed by atoms with Crippen molar-refractivity contribution in [2.75, 3.05) is 11.9 Å². The molecule has 3 aliphatic rings. The summed E-state index contributed by atoms with van der Waals surface area (Å²) in [6.45, 7) is 0.606. The van der Waals surface area contributed by atoms with E-state index in [0.29, 0.717) is 35.4 Å². The van der Waals surface area contributed by atoms with Crippen molar-refractivity contribution in [3.05, 3.63) is 71.3 Å². The zero-order valence-electron chi connectivity index (χ0n) is 17.4. The number of allylic oxidation sites excluding steroid dienone is 2. The molecular formula is C23H22F3N3O3S. The lowest BCUT2D eigenvalue weighted by molar-refractivity contribution is -0.137. The number of anilines is 1. The van der Waals surface area contributed by atoms with Gasteiger partial charge in [-0.3, -0.25) is 4.79 Å². The lowest BCUT2D eigenvalue weighted by Crippen LogP contribution is -2.38. The third-order valence-corrected chi connectivity index (χ3v) is 8.10. The van der Waals surface area contributed by atoms with Crippen LogP contribution < -0.4 is 15.4 Å². The highest BCUT2D eigenvalue weighted by Gasteiger charge is 2.36. The average Bonchev–Trinajstić information content (AvgIpc) is 3.39. The summed E-state index contributed by atoms with van der Waals surface area (Å²) in [5, 5.41) is 5.78. The summed E-state index contributed by atoms with van der Waals surface area (Å²) in [6.07, 6.45) is 1.16. The highest BCUT2D eigenvalue weighted by molar-refractivity contribution is 7.89. The quantitative estimate of drug-likeness (QED) is 0.580. The molecule has 2 bridgehead atoms. The van der Waals surface area contributed by atoms with E-state index in [1.807, 2.05) is 0 Å². The Hall–Kier alpha value is -2.85. The fourth-order valence-corrected chi connectivity index (χ4v) is 6.18. The summed E-state index contributed by atoms with van der Waals surface area (Å²) in [7, 11) is -4.02. The Morgan fingerprint density at radius 1 is 1.06 bits per heavy atom. The van der Waals surface area contributed by atoms with Gasteiger partial charge in [-0.1, -0.05) is 24.3 Å². The Bertz CT molecular complexity index is 1230. The number of nitrogens with one attached hydrogen (secondary N) is 3. The summed E-state index contributed by atoms with van der Waals surface area (Å²) in [4.78, 5) is 12.3. The van der Waals surface area contributed by atoms with E-state index in [1.165, 1.54) is 0 Å². The first-order valence-corrected chi connectivity index (χ1v) is 12.1. The van der Waals surface area contributed by atoms with Crippen molar-refractivity contribution in [2.24, 2.45) is 17.8 Å². The van der Waals surface area contributed by atoms with Crippen LogP contribution in [-0.2, 0) is 16.2 Å². The van der Waals surface area contributed by atoms with Crippen LogP contribution in [0.15, 0.2) is 59.5 Å². The van der Waals surface area contributed by atoms with Crippen molar-refractivity contribution in [1.29, 1.82) is 0 Å². The number of halogens is 3. The van der Waals surface area contributed by atoms with Gasteiger partial charge in [0, 0.05) is 12.1 Å². The van der Waals surface area contributed by atoms with Gasteiger partial charge in [0.05, 0.1) is 11.3 Å². The van der Waals surface area contributed by atoms with E-state index < -0.39 is 27.9 Å². The van der Waals surface area contributed by atoms with E-state index in [1.54, 1.807) is 24.3 Å².